The quantitative estimate of drug-likeness (QED) is 0.618. The molecule has 7 nitrogen and oxygen atoms in total. The van der Waals surface area contributed by atoms with E-state index < -0.39 is 0 Å². The molecule has 0 saturated heterocycles. The van der Waals surface area contributed by atoms with Gasteiger partial charge in [0.1, 0.15) is 0 Å². The van der Waals surface area contributed by atoms with E-state index >= 15 is 0 Å². The first-order valence-electron chi connectivity index (χ1n) is 5.19. The van der Waals surface area contributed by atoms with Crippen LogP contribution in [0.15, 0.2) is 6.20 Å². The van der Waals surface area contributed by atoms with Crippen molar-refractivity contribution in [2.75, 3.05) is 33.7 Å². The number of nitrogens with one attached hydrogen (secondary N) is 1. The number of hydrogen-bond acceptors (Lipinski definition) is 5. The maximum Gasteiger partial charge on any atom is 0.275 e. The number of carbonyl (C=O) groups is 1. The van der Waals surface area contributed by atoms with Crippen LogP contribution in [0.2, 0.25) is 0 Å². The topological polar surface area (TPSA) is 89.1 Å². The third-order valence-corrected chi connectivity index (χ3v) is 2.16. The fourth-order valence-corrected chi connectivity index (χ4v) is 1.21. The number of nitrogens with zero attached hydrogens (tertiary/aromatic N) is 4. The van der Waals surface area contributed by atoms with Crippen LogP contribution in [0, 0.1) is 0 Å². The van der Waals surface area contributed by atoms with Gasteiger partial charge in [-0.3, -0.25) is 9.48 Å². The first-order chi connectivity index (χ1) is 7.69. The molecule has 0 bridgehead atoms. The molecule has 1 aromatic heterocycles. The molecule has 0 aliphatic heterocycles. The number of rotatable bonds is 6. The molecule has 1 rings (SSSR count). The summed E-state index contributed by atoms with van der Waals surface area (Å²) in [6.45, 7) is 2.44. The lowest BCUT2D eigenvalue weighted by Crippen LogP contribution is -2.33. The number of nitrogens with two attached hydrogens (primary N) is 1. The van der Waals surface area contributed by atoms with E-state index in [1.165, 1.54) is 0 Å². The Balaban J connectivity index is 2.57. The Morgan fingerprint density at radius 1 is 1.69 bits per heavy atom. The number of carbonyl (C=O) groups excluding carboxylic acids is 1. The van der Waals surface area contributed by atoms with Gasteiger partial charge in [0.2, 0.25) is 0 Å². The second-order valence-corrected chi connectivity index (χ2v) is 3.49. The van der Waals surface area contributed by atoms with E-state index in [0.29, 0.717) is 25.3 Å². The van der Waals surface area contributed by atoms with Crippen molar-refractivity contribution in [3.05, 3.63) is 11.9 Å². The van der Waals surface area contributed by atoms with E-state index in [2.05, 4.69) is 15.6 Å². The van der Waals surface area contributed by atoms with Crippen molar-refractivity contribution >= 4 is 5.91 Å². The molecule has 1 heterocycles. The van der Waals surface area contributed by atoms with Crippen LogP contribution in [0.25, 0.3) is 0 Å². The van der Waals surface area contributed by atoms with Gasteiger partial charge in [-0.15, -0.1) is 5.10 Å². The Hall–Kier alpha value is -1.47. The molecule has 0 fully saturated rings. The minimum Gasteiger partial charge on any atom is -0.339 e. The highest BCUT2D eigenvalue weighted by Gasteiger charge is 2.14. The van der Waals surface area contributed by atoms with Crippen LogP contribution in [0.5, 0.6) is 0 Å². The van der Waals surface area contributed by atoms with E-state index in [4.69, 9.17) is 5.73 Å². The van der Waals surface area contributed by atoms with Crippen molar-refractivity contribution in [2.24, 2.45) is 5.73 Å². The summed E-state index contributed by atoms with van der Waals surface area (Å²) in [6.07, 6.45) is 1.62. The van der Waals surface area contributed by atoms with Gasteiger partial charge in [0.15, 0.2) is 5.69 Å². The van der Waals surface area contributed by atoms with Gasteiger partial charge < -0.3 is 16.0 Å². The summed E-state index contributed by atoms with van der Waals surface area (Å²) in [6, 6.07) is 0. The molecule has 0 radical (unpaired) electrons. The zero-order chi connectivity index (χ0) is 12.0. The fraction of sp³-hybridized carbons (Fsp3) is 0.667. The van der Waals surface area contributed by atoms with Gasteiger partial charge in [-0.25, -0.2) is 0 Å². The molecule has 0 saturated carbocycles. The molecule has 1 aromatic rings. The molecule has 0 atom stereocenters. The van der Waals surface area contributed by atoms with E-state index in [0.717, 1.165) is 6.54 Å². The number of amides is 1. The fourth-order valence-electron chi connectivity index (χ4n) is 1.21. The summed E-state index contributed by atoms with van der Waals surface area (Å²) in [7, 11) is 3.58. The van der Waals surface area contributed by atoms with Crippen LogP contribution in [0.1, 0.15) is 10.5 Å². The lowest BCUT2D eigenvalue weighted by molar-refractivity contribution is 0.0791. The Morgan fingerprint density at radius 2 is 2.44 bits per heavy atom. The van der Waals surface area contributed by atoms with E-state index in [9.17, 15) is 4.79 Å². The van der Waals surface area contributed by atoms with Crippen LogP contribution in [-0.2, 0) is 6.54 Å². The summed E-state index contributed by atoms with van der Waals surface area (Å²) in [5, 5.41) is 10.6. The molecule has 16 heavy (non-hydrogen) atoms. The lowest BCUT2D eigenvalue weighted by Gasteiger charge is -2.14. The van der Waals surface area contributed by atoms with Gasteiger partial charge in [-0.05, 0) is 7.05 Å². The molecule has 0 spiro atoms. The third kappa shape index (κ3) is 3.28. The summed E-state index contributed by atoms with van der Waals surface area (Å²) in [5.74, 6) is -0.126. The number of likely N-dealkylation sites (N-methyl/N-ethyl adjacent to an activating group) is 2. The van der Waals surface area contributed by atoms with Crippen molar-refractivity contribution in [3.63, 3.8) is 0 Å². The zero-order valence-corrected chi connectivity index (χ0v) is 9.68. The first-order valence-corrected chi connectivity index (χ1v) is 5.19. The molecule has 7 heteroatoms. The summed E-state index contributed by atoms with van der Waals surface area (Å²) < 4.78 is 1.57. The van der Waals surface area contributed by atoms with Crippen molar-refractivity contribution < 1.29 is 4.79 Å². The highest BCUT2D eigenvalue weighted by Crippen LogP contribution is 1.98. The molecule has 1 amide bonds. The number of hydrogen-bond donors (Lipinski definition) is 2. The first kappa shape index (κ1) is 12.6. The van der Waals surface area contributed by atoms with Crippen molar-refractivity contribution in [2.45, 2.75) is 6.54 Å². The molecular weight excluding hydrogens is 208 g/mol. The summed E-state index contributed by atoms with van der Waals surface area (Å²) >= 11 is 0. The molecule has 0 unspecified atom stereocenters. The summed E-state index contributed by atoms with van der Waals surface area (Å²) in [4.78, 5) is 13.4. The van der Waals surface area contributed by atoms with E-state index in [1.807, 2.05) is 7.05 Å². The monoisotopic (exact) mass is 226 g/mol. The minimum absolute atomic E-state index is 0.126. The molecule has 0 aromatic carbocycles. The molecular formula is C9H18N6O. The second kappa shape index (κ2) is 6.19. The maximum absolute atomic E-state index is 11.8. The third-order valence-electron chi connectivity index (χ3n) is 2.16. The Bertz CT molecular complexity index is 336. The van der Waals surface area contributed by atoms with E-state index in [1.54, 1.807) is 22.8 Å². The van der Waals surface area contributed by atoms with Crippen LogP contribution in [0.4, 0.5) is 0 Å². The van der Waals surface area contributed by atoms with E-state index in [-0.39, 0.29) is 5.91 Å². The van der Waals surface area contributed by atoms with Crippen LogP contribution in [0.3, 0.4) is 0 Å². The predicted molar refractivity (Wildman–Crippen MR) is 60.0 cm³/mol. The number of aromatic nitrogens is 3. The van der Waals surface area contributed by atoms with Crippen LogP contribution < -0.4 is 11.1 Å². The lowest BCUT2D eigenvalue weighted by atomic mass is 10.4. The average Bonchev–Trinajstić information content (AvgIpc) is 2.74. The zero-order valence-electron chi connectivity index (χ0n) is 9.68. The normalized spacial score (nSPS) is 10.4. The van der Waals surface area contributed by atoms with Gasteiger partial charge in [0, 0.05) is 26.7 Å². The van der Waals surface area contributed by atoms with Gasteiger partial charge in [-0.2, -0.15) is 0 Å². The second-order valence-electron chi connectivity index (χ2n) is 3.49. The Morgan fingerprint density at radius 3 is 3.06 bits per heavy atom. The average molecular weight is 226 g/mol. The predicted octanol–water partition coefficient (Wildman–Crippen LogP) is -1.47. The Labute approximate surface area is 94.6 Å². The highest BCUT2D eigenvalue weighted by atomic mass is 16.2. The van der Waals surface area contributed by atoms with Crippen LogP contribution in [-0.4, -0.2) is 59.5 Å². The largest absolute Gasteiger partial charge is 0.339 e. The minimum atomic E-state index is -0.126. The van der Waals surface area contributed by atoms with Gasteiger partial charge >= 0.3 is 0 Å². The Kier molecular flexibility index (Phi) is 4.87. The maximum atomic E-state index is 11.8. The molecule has 0 aliphatic carbocycles. The van der Waals surface area contributed by atoms with Gasteiger partial charge in [0.05, 0.1) is 12.7 Å². The SMILES string of the molecule is CNCCN(C)C(=O)c1cn(CCN)nn1. The molecule has 3 N–H and O–H groups in total. The standard InChI is InChI=1S/C9H18N6O/c1-11-4-6-14(2)9(16)8-7-15(5-3-10)13-12-8/h7,11H,3-6,10H2,1-2H3. The van der Waals surface area contributed by atoms with Crippen molar-refractivity contribution in [1.82, 2.24) is 25.2 Å². The molecule has 0 aliphatic rings. The van der Waals surface area contributed by atoms with Crippen molar-refractivity contribution in [3.8, 4) is 0 Å². The summed E-state index contributed by atoms with van der Waals surface area (Å²) in [5.41, 5.74) is 5.73. The van der Waals surface area contributed by atoms with Crippen molar-refractivity contribution in [1.29, 1.82) is 0 Å². The highest BCUT2D eigenvalue weighted by molar-refractivity contribution is 5.91. The van der Waals surface area contributed by atoms with Gasteiger partial charge in [-0.1, -0.05) is 5.21 Å². The smallest absolute Gasteiger partial charge is 0.275 e. The molecule has 90 valence electrons. The van der Waals surface area contributed by atoms with Gasteiger partial charge in [0.25, 0.3) is 5.91 Å². The van der Waals surface area contributed by atoms with Crippen LogP contribution >= 0.6 is 0 Å².